The second-order valence-electron chi connectivity index (χ2n) is 9.83. The summed E-state index contributed by atoms with van der Waals surface area (Å²) in [7, 11) is 1.21. The molecule has 0 radical (unpaired) electrons. The summed E-state index contributed by atoms with van der Waals surface area (Å²) >= 11 is 0. The molecular formula is C30H35F3O. The lowest BCUT2D eigenvalue weighted by Crippen LogP contribution is -2.37. The third kappa shape index (κ3) is 4.44. The Morgan fingerprint density at radius 1 is 0.853 bits per heavy atom. The van der Waals surface area contributed by atoms with Gasteiger partial charge in [-0.15, -0.1) is 0 Å². The second-order valence-corrected chi connectivity index (χ2v) is 9.83. The number of fused-ring (bicyclic) bond motifs is 1. The van der Waals surface area contributed by atoms with Crippen molar-refractivity contribution in [1.29, 1.82) is 0 Å². The molecule has 1 saturated carbocycles. The summed E-state index contributed by atoms with van der Waals surface area (Å²) in [6.45, 7) is 4.53. The van der Waals surface area contributed by atoms with Gasteiger partial charge in [0.05, 0.1) is 7.11 Å². The van der Waals surface area contributed by atoms with Gasteiger partial charge >= 0.3 is 0 Å². The van der Waals surface area contributed by atoms with Gasteiger partial charge in [-0.05, 0) is 65.7 Å². The van der Waals surface area contributed by atoms with Gasteiger partial charge < -0.3 is 4.74 Å². The van der Waals surface area contributed by atoms with Crippen molar-refractivity contribution in [1.82, 2.24) is 0 Å². The average Bonchev–Trinajstić information content (AvgIpc) is 2.84. The van der Waals surface area contributed by atoms with Gasteiger partial charge in [-0.1, -0.05) is 76.3 Å². The minimum absolute atomic E-state index is 0.149. The zero-order chi connectivity index (χ0) is 24.3. The molecule has 0 N–H and O–H groups in total. The first-order valence-electron chi connectivity index (χ1n) is 12.7. The van der Waals surface area contributed by atoms with Crippen molar-refractivity contribution in [2.45, 2.75) is 77.0 Å². The third-order valence-corrected chi connectivity index (χ3v) is 7.84. The van der Waals surface area contributed by atoms with Gasteiger partial charge in [-0.25, -0.2) is 13.2 Å². The van der Waals surface area contributed by atoms with Crippen molar-refractivity contribution in [2.24, 2.45) is 5.92 Å². The molecule has 1 aliphatic rings. The van der Waals surface area contributed by atoms with Crippen LogP contribution < -0.4 is 4.74 Å². The van der Waals surface area contributed by atoms with Crippen molar-refractivity contribution in [3.63, 3.8) is 0 Å². The molecule has 182 valence electrons. The fourth-order valence-electron chi connectivity index (χ4n) is 6.24. The predicted octanol–water partition coefficient (Wildman–Crippen LogP) is 9.35. The third-order valence-electron chi connectivity index (χ3n) is 7.84. The fourth-order valence-corrected chi connectivity index (χ4v) is 6.24. The Morgan fingerprint density at radius 3 is 2.09 bits per heavy atom. The van der Waals surface area contributed by atoms with Crippen molar-refractivity contribution in [2.75, 3.05) is 7.11 Å². The maximum absolute atomic E-state index is 15.6. The summed E-state index contributed by atoms with van der Waals surface area (Å²) in [5, 5.41) is 1.32. The van der Waals surface area contributed by atoms with E-state index in [1.165, 1.54) is 70.5 Å². The van der Waals surface area contributed by atoms with E-state index in [-0.39, 0.29) is 16.5 Å². The lowest BCUT2D eigenvalue weighted by atomic mass is 9.60. The van der Waals surface area contributed by atoms with Crippen LogP contribution in [0.25, 0.3) is 21.9 Å². The Hall–Kier alpha value is -2.49. The van der Waals surface area contributed by atoms with Crippen LogP contribution in [0.1, 0.15) is 77.2 Å². The summed E-state index contributed by atoms with van der Waals surface area (Å²) in [4.78, 5) is 0. The zero-order valence-corrected chi connectivity index (χ0v) is 20.5. The highest BCUT2D eigenvalue weighted by Crippen LogP contribution is 2.49. The standard InChI is InChI=1S/C30H35F3O/c1-4-9-22(10-5-2)30(15-7-6-8-16-30)23-12-14-24-20(17-23)11-13-25(28(24)33)21-18-26(31)29(34-3)27(32)19-21/h11-14,17-19,22H,4-10,15-16H2,1-3H3. The molecule has 0 spiro atoms. The van der Waals surface area contributed by atoms with Crippen LogP contribution in [0, 0.1) is 23.4 Å². The van der Waals surface area contributed by atoms with E-state index in [9.17, 15) is 8.78 Å². The van der Waals surface area contributed by atoms with E-state index < -0.39 is 23.2 Å². The van der Waals surface area contributed by atoms with Crippen molar-refractivity contribution in [3.8, 4) is 16.9 Å². The quantitative estimate of drug-likeness (QED) is 0.320. The molecule has 0 unspecified atom stereocenters. The molecule has 1 nitrogen and oxygen atoms in total. The normalized spacial score (nSPS) is 15.7. The minimum atomic E-state index is -0.843. The van der Waals surface area contributed by atoms with E-state index in [4.69, 9.17) is 4.74 Å². The first-order chi connectivity index (χ1) is 16.4. The van der Waals surface area contributed by atoms with Crippen LogP contribution in [0.4, 0.5) is 13.2 Å². The molecule has 0 bridgehead atoms. The fraction of sp³-hybridized carbons (Fsp3) is 0.467. The smallest absolute Gasteiger partial charge is 0.190 e. The van der Waals surface area contributed by atoms with E-state index in [1.54, 1.807) is 6.07 Å². The molecule has 1 aliphatic carbocycles. The predicted molar refractivity (Wildman–Crippen MR) is 134 cm³/mol. The SMILES string of the molecule is CCCC(CCC)C1(c2ccc3c(F)c(-c4cc(F)c(OC)c(F)c4)ccc3c2)CCCCC1. The van der Waals surface area contributed by atoms with Crippen LogP contribution in [-0.4, -0.2) is 7.11 Å². The minimum Gasteiger partial charge on any atom is -0.491 e. The van der Waals surface area contributed by atoms with Gasteiger partial charge in [-0.2, -0.15) is 0 Å². The molecule has 4 heteroatoms. The van der Waals surface area contributed by atoms with Gasteiger partial charge in [0.1, 0.15) is 5.82 Å². The van der Waals surface area contributed by atoms with E-state index in [2.05, 4.69) is 26.0 Å². The summed E-state index contributed by atoms with van der Waals surface area (Å²) < 4.78 is 48.9. The Morgan fingerprint density at radius 2 is 1.50 bits per heavy atom. The van der Waals surface area contributed by atoms with Gasteiger partial charge in [0.2, 0.25) is 0 Å². The molecule has 4 rings (SSSR count). The van der Waals surface area contributed by atoms with Gasteiger partial charge in [0.25, 0.3) is 0 Å². The number of hydrogen-bond donors (Lipinski definition) is 0. The van der Waals surface area contributed by atoms with E-state index in [0.29, 0.717) is 11.3 Å². The maximum atomic E-state index is 15.6. The summed E-state index contributed by atoms with van der Waals surface area (Å²) in [6.07, 6.45) is 10.9. The molecule has 0 aromatic heterocycles. The first kappa shape index (κ1) is 24.6. The number of ether oxygens (including phenoxy) is 1. The van der Waals surface area contributed by atoms with Crippen LogP contribution in [-0.2, 0) is 5.41 Å². The molecule has 0 aliphatic heterocycles. The number of methoxy groups -OCH3 is 1. The number of rotatable bonds is 8. The topological polar surface area (TPSA) is 9.23 Å². The Labute approximate surface area is 201 Å². The van der Waals surface area contributed by atoms with Gasteiger partial charge in [-0.3, -0.25) is 0 Å². The molecule has 0 heterocycles. The van der Waals surface area contributed by atoms with Crippen molar-refractivity contribution < 1.29 is 17.9 Å². The van der Waals surface area contributed by atoms with E-state index in [0.717, 1.165) is 17.5 Å². The molecular weight excluding hydrogens is 433 g/mol. The van der Waals surface area contributed by atoms with Gasteiger partial charge in [0, 0.05) is 10.9 Å². The maximum Gasteiger partial charge on any atom is 0.190 e. The lowest BCUT2D eigenvalue weighted by molar-refractivity contribution is 0.168. The largest absolute Gasteiger partial charge is 0.491 e. The molecule has 34 heavy (non-hydrogen) atoms. The molecule has 0 saturated heterocycles. The lowest BCUT2D eigenvalue weighted by Gasteiger charge is -2.45. The van der Waals surface area contributed by atoms with Crippen LogP contribution in [0.2, 0.25) is 0 Å². The number of benzene rings is 3. The summed E-state index contributed by atoms with van der Waals surface area (Å²) in [5.41, 5.74) is 1.81. The Balaban J connectivity index is 1.79. The van der Waals surface area contributed by atoms with Crippen LogP contribution in [0.15, 0.2) is 42.5 Å². The monoisotopic (exact) mass is 468 g/mol. The molecule has 3 aromatic carbocycles. The average molecular weight is 469 g/mol. The zero-order valence-electron chi connectivity index (χ0n) is 20.5. The molecule has 3 aromatic rings. The Kier molecular flexibility index (Phi) is 7.54. The highest BCUT2D eigenvalue weighted by atomic mass is 19.1. The van der Waals surface area contributed by atoms with Crippen molar-refractivity contribution in [3.05, 3.63) is 65.5 Å². The first-order valence-corrected chi connectivity index (χ1v) is 12.7. The summed E-state index contributed by atoms with van der Waals surface area (Å²) in [5.74, 6) is -1.96. The summed E-state index contributed by atoms with van der Waals surface area (Å²) in [6, 6.07) is 11.9. The number of halogens is 3. The van der Waals surface area contributed by atoms with E-state index in [1.807, 2.05) is 12.1 Å². The van der Waals surface area contributed by atoms with Crippen LogP contribution >= 0.6 is 0 Å². The van der Waals surface area contributed by atoms with Crippen molar-refractivity contribution >= 4 is 10.8 Å². The van der Waals surface area contributed by atoms with Gasteiger partial charge in [0.15, 0.2) is 17.4 Å². The van der Waals surface area contributed by atoms with Crippen LogP contribution in [0.5, 0.6) is 5.75 Å². The molecule has 0 amide bonds. The molecule has 1 fully saturated rings. The molecule has 0 atom stereocenters. The highest BCUT2D eigenvalue weighted by Gasteiger charge is 2.40. The van der Waals surface area contributed by atoms with E-state index >= 15 is 4.39 Å². The highest BCUT2D eigenvalue weighted by molar-refractivity contribution is 5.89. The van der Waals surface area contributed by atoms with Crippen LogP contribution in [0.3, 0.4) is 0 Å². The second kappa shape index (κ2) is 10.4. The number of hydrogen-bond acceptors (Lipinski definition) is 1. The Bertz CT molecular complexity index is 1120.